The Morgan fingerprint density at radius 1 is 0.893 bits per heavy atom. The quantitative estimate of drug-likeness (QED) is 0.560. The largest absolute Gasteiger partial charge is 0.497 e. The van der Waals surface area contributed by atoms with Gasteiger partial charge in [0.15, 0.2) is 0 Å². The summed E-state index contributed by atoms with van der Waals surface area (Å²) < 4.78 is 5.21. The SMILES string of the molecule is COc1ccc(CC(=O)N(Cc2ccc(C)cc2)C(C)c2ccccc2)cc1. The van der Waals surface area contributed by atoms with Gasteiger partial charge in [0.1, 0.15) is 5.75 Å². The molecule has 1 atom stereocenters. The molecule has 3 rings (SSSR count). The molecule has 1 amide bonds. The van der Waals surface area contributed by atoms with Gasteiger partial charge >= 0.3 is 0 Å². The minimum atomic E-state index is -0.00625. The van der Waals surface area contributed by atoms with Crippen LogP contribution in [0, 0.1) is 6.92 Å². The van der Waals surface area contributed by atoms with Crippen LogP contribution in [0.5, 0.6) is 5.75 Å². The Balaban J connectivity index is 1.83. The van der Waals surface area contributed by atoms with Crippen LogP contribution in [0.25, 0.3) is 0 Å². The molecule has 144 valence electrons. The molecule has 0 saturated heterocycles. The van der Waals surface area contributed by atoms with Crippen molar-refractivity contribution in [2.45, 2.75) is 32.9 Å². The molecule has 0 aliphatic carbocycles. The third-order valence-electron chi connectivity index (χ3n) is 5.06. The Labute approximate surface area is 167 Å². The van der Waals surface area contributed by atoms with Gasteiger partial charge in [0.25, 0.3) is 0 Å². The van der Waals surface area contributed by atoms with Crippen LogP contribution in [-0.2, 0) is 17.8 Å². The smallest absolute Gasteiger partial charge is 0.227 e. The number of nitrogens with zero attached hydrogens (tertiary/aromatic N) is 1. The van der Waals surface area contributed by atoms with Gasteiger partial charge in [-0.3, -0.25) is 4.79 Å². The molecule has 28 heavy (non-hydrogen) atoms. The highest BCUT2D eigenvalue weighted by Gasteiger charge is 2.22. The lowest BCUT2D eigenvalue weighted by atomic mass is 10.0. The van der Waals surface area contributed by atoms with E-state index in [2.05, 4.69) is 50.2 Å². The highest BCUT2D eigenvalue weighted by atomic mass is 16.5. The van der Waals surface area contributed by atoms with Crippen LogP contribution in [0.15, 0.2) is 78.9 Å². The summed E-state index contributed by atoms with van der Waals surface area (Å²) in [6.45, 7) is 4.75. The van der Waals surface area contributed by atoms with Crippen molar-refractivity contribution in [2.24, 2.45) is 0 Å². The lowest BCUT2D eigenvalue weighted by molar-refractivity contribution is -0.133. The number of ether oxygens (including phenoxy) is 1. The number of methoxy groups -OCH3 is 1. The summed E-state index contributed by atoms with van der Waals surface area (Å²) in [5, 5.41) is 0. The molecule has 0 bridgehead atoms. The highest BCUT2D eigenvalue weighted by Crippen LogP contribution is 2.24. The highest BCUT2D eigenvalue weighted by molar-refractivity contribution is 5.79. The molecule has 0 fully saturated rings. The summed E-state index contributed by atoms with van der Waals surface area (Å²) in [5.41, 5.74) is 4.48. The molecule has 0 heterocycles. The van der Waals surface area contributed by atoms with E-state index in [9.17, 15) is 4.79 Å². The van der Waals surface area contributed by atoms with E-state index >= 15 is 0 Å². The van der Waals surface area contributed by atoms with Crippen molar-refractivity contribution in [1.29, 1.82) is 0 Å². The first-order chi connectivity index (χ1) is 13.6. The molecule has 0 aromatic heterocycles. The van der Waals surface area contributed by atoms with E-state index in [-0.39, 0.29) is 11.9 Å². The summed E-state index contributed by atoms with van der Waals surface area (Å²) in [5.74, 6) is 0.910. The Morgan fingerprint density at radius 3 is 2.11 bits per heavy atom. The number of benzene rings is 3. The van der Waals surface area contributed by atoms with Crippen LogP contribution in [-0.4, -0.2) is 17.9 Å². The van der Waals surface area contributed by atoms with Gasteiger partial charge in [-0.15, -0.1) is 0 Å². The first-order valence-electron chi connectivity index (χ1n) is 9.59. The predicted octanol–water partition coefficient (Wildman–Crippen LogP) is 5.34. The third-order valence-corrected chi connectivity index (χ3v) is 5.06. The average molecular weight is 373 g/mol. The van der Waals surface area contributed by atoms with Crippen LogP contribution < -0.4 is 4.74 Å². The molecule has 3 nitrogen and oxygen atoms in total. The fourth-order valence-corrected chi connectivity index (χ4v) is 3.26. The van der Waals surface area contributed by atoms with Crippen molar-refractivity contribution in [3.05, 3.63) is 101 Å². The standard InChI is InChI=1S/C25H27NO2/c1-19-9-11-22(12-10-19)18-26(20(2)23-7-5-4-6-8-23)25(27)17-21-13-15-24(28-3)16-14-21/h4-16,20H,17-18H2,1-3H3. The van der Waals surface area contributed by atoms with E-state index in [0.29, 0.717) is 13.0 Å². The predicted molar refractivity (Wildman–Crippen MR) is 113 cm³/mol. The Kier molecular flexibility index (Phi) is 6.49. The number of carbonyl (C=O) groups excluding carboxylic acids is 1. The second-order valence-electron chi connectivity index (χ2n) is 7.12. The number of rotatable bonds is 7. The molecular formula is C25H27NO2. The maximum Gasteiger partial charge on any atom is 0.227 e. The van der Waals surface area contributed by atoms with Crippen molar-refractivity contribution < 1.29 is 9.53 Å². The van der Waals surface area contributed by atoms with Gasteiger partial charge in [0.2, 0.25) is 5.91 Å². The maximum atomic E-state index is 13.2. The molecule has 3 aromatic rings. The molecule has 0 aliphatic heterocycles. The number of carbonyl (C=O) groups is 1. The molecule has 1 unspecified atom stereocenters. The van der Waals surface area contributed by atoms with Crippen molar-refractivity contribution >= 4 is 5.91 Å². The van der Waals surface area contributed by atoms with E-state index in [1.54, 1.807) is 7.11 Å². The van der Waals surface area contributed by atoms with E-state index in [4.69, 9.17) is 4.74 Å². The molecular weight excluding hydrogens is 346 g/mol. The van der Waals surface area contributed by atoms with Crippen LogP contribution in [0.4, 0.5) is 0 Å². The lowest BCUT2D eigenvalue weighted by Crippen LogP contribution is -2.34. The van der Waals surface area contributed by atoms with Gasteiger partial charge in [0.05, 0.1) is 19.6 Å². The van der Waals surface area contributed by atoms with Crippen molar-refractivity contribution in [2.75, 3.05) is 7.11 Å². The minimum absolute atomic E-state index is 0.00625. The van der Waals surface area contributed by atoms with Crippen LogP contribution in [0.2, 0.25) is 0 Å². The van der Waals surface area contributed by atoms with E-state index in [1.165, 1.54) is 5.56 Å². The zero-order valence-corrected chi connectivity index (χ0v) is 16.8. The van der Waals surface area contributed by atoms with Gasteiger partial charge in [-0.05, 0) is 42.7 Å². The first kappa shape index (κ1) is 19.7. The third kappa shape index (κ3) is 5.01. The fraction of sp³-hybridized carbons (Fsp3) is 0.240. The zero-order chi connectivity index (χ0) is 19.9. The normalized spacial score (nSPS) is 11.7. The topological polar surface area (TPSA) is 29.5 Å². The zero-order valence-electron chi connectivity index (χ0n) is 16.8. The van der Waals surface area contributed by atoms with E-state index < -0.39 is 0 Å². The van der Waals surface area contributed by atoms with Crippen molar-refractivity contribution in [1.82, 2.24) is 4.90 Å². The molecule has 0 aliphatic rings. The minimum Gasteiger partial charge on any atom is -0.497 e. The van der Waals surface area contributed by atoms with Crippen molar-refractivity contribution in [3.8, 4) is 5.75 Å². The van der Waals surface area contributed by atoms with Crippen LogP contribution in [0.3, 0.4) is 0 Å². The van der Waals surface area contributed by atoms with Gasteiger partial charge in [0, 0.05) is 6.54 Å². The summed E-state index contributed by atoms with van der Waals surface area (Å²) in [6, 6.07) is 26.3. The molecule has 0 radical (unpaired) electrons. The van der Waals surface area contributed by atoms with E-state index in [0.717, 1.165) is 22.4 Å². The van der Waals surface area contributed by atoms with Crippen LogP contribution in [0.1, 0.15) is 35.2 Å². The summed E-state index contributed by atoms with van der Waals surface area (Å²) >= 11 is 0. The second-order valence-corrected chi connectivity index (χ2v) is 7.12. The Morgan fingerprint density at radius 2 is 1.50 bits per heavy atom. The number of aryl methyl sites for hydroxylation is 1. The number of hydrogen-bond donors (Lipinski definition) is 0. The molecule has 0 N–H and O–H groups in total. The van der Waals surface area contributed by atoms with Crippen molar-refractivity contribution in [3.63, 3.8) is 0 Å². The summed E-state index contributed by atoms with van der Waals surface area (Å²) in [4.78, 5) is 15.2. The molecule has 0 spiro atoms. The Hall–Kier alpha value is -3.07. The van der Waals surface area contributed by atoms with Crippen LogP contribution >= 0.6 is 0 Å². The lowest BCUT2D eigenvalue weighted by Gasteiger charge is -2.30. The maximum absolute atomic E-state index is 13.2. The number of hydrogen-bond acceptors (Lipinski definition) is 2. The van der Waals surface area contributed by atoms with Gasteiger partial charge < -0.3 is 9.64 Å². The molecule has 3 aromatic carbocycles. The number of amides is 1. The fourth-order valence-electron chi connectivity index (χ4n) is 3.26. The van der Waals surface area contributed by atoms with Gasteiger partial charge in [-0.25, -0.2) is 0 Å². The Bertz CT molecular complexity index is 886. The molecule has 3 heteroatoms. The van der Waals surface area contributed by atoms with Gasteiger partial charge in [-0.1, -0.05) is 72.3 Å². The first-order valence-corrected chi connectivity index (χ1v) is 9.59. The molecule has 0 saturated carbocycles. The summed E-state index contributed by atoms with van der Waals surface area (Å²) in [6.07, 6.45) is 0.368. The van der Waals surface area contributed by atoms with Gasteiger partial charge in [-0.2, -0.15) is 0 Å². The average Bonchev–Trinajstić information content (AvgIpc) is 2.74. The monoisotopic (exact) mass is 373 g/mol. The van der Waals surface area contributed by atoms with E-state index in [1.807, 2.05) is 47.4 Å². The summed E-state index contributed by atoms with van der Waals surface area (Å²) in [7, 11) is 1.64. The second kappa shape index (κ2) is 9.23.